The van der Waals surface area contributed by atoms with E-state index in [-0.39, 0.29) is 19.4 Å². The number of rotatable bonds is 9. The average molecular weight is 549 g/mol. The lowest BCUT2D eigenvalue weighted by atomic mass is 9.99. The van der Waals surface area contributed by atoms with E-state index in [2.05, 4.69) is 5.32 Å². The normalized spacial score (nSPS) is 17.0. The number of nitrogens with two attached hydrogens (primary N) is 2. The number of carbonyl (C=O) groups excluding carboxylic acids is 3. The van der Waals surface area contributed by atoms with Gasteiger partial charge in [-0.25, -0.2) is 0 Å². The second-order valence-corrected chi connectivity index (χ2v) is 10.1. The predicted molar refractivity (Wildman–Crippen MR) is 158 cm³/mol. The van der Waals surface area contributed by atoms with E-state index < -0.39 is 35.9 Å². The van der Waals surface area contributed by atoms with Gasteiger partial charge in [-0.2, -0.15) is 0 Å². The molecular weight excluding hydrogens is 516 g/mol. The summed E-state index contributed by atoms with van der Waals surface area (Å²) < 4.78 is 6.05. The Labute approximate surface area is 238 Å². The van der Waals surface area contributed by atoms with Crippen molar-refractivity contribution in [2.75, 3.05) is 12.3 Å². The maximum Gasteiger partial charge on any atom is 0.252 e. The van der Waals surface area contributed by atoms with E-state index in [1.54, 1.807) is 24.3 Å². The Morgan fingerprint density at radius 1 is 0.854 bits per heavy atom. The highest BCUT2D eigenvalue weighted by Crippen LogP contribution is 2.25. The summed E-state index contributed by atoms with van der Waals surface area (Å²) in [6.45, 7) is 0.166. The molecule has 0 saturated carbocycles. The Balaban J connectivity index is 1.39. The van der Waals surface area contributed by atoms with Gasteiger partial charge in [-0.15, -0.1) is 0 Å². The third-order valence-electron chi connectivity index (χ3n) is 7.17. The molecule has 4 aromatic rings. The van der Waals surface area contributed by atoms with E-state index in [0.717, 1.165) is 16.7 Å². The van der Waals surface area contributed by atoms with Gasteiger partial charge in [0, 0.05) is 24.1 Å². The lowest BCUT2D eigenvalue weighted by Gasteiger charge is -2.28. The monoisotopic (exact) mass is 548 g/mol. The minimum absolute atomic E-state index is 0.166. The summed E-state index contributed by atoms with van der Waals surface area (Å²) in [7, 11) is 0. The molecule has 1 saturated heterocycles. The summed E-state index contributed by atoms with van der Waals surface area (Å²) in [6.07, 6.45) is 0.0560. The molecule has 1 heterocycles. The van der Waals surface area contributed by atoms with Gasteiger partial charge in [0.25, 0.3) is 5.91 Å². The van der Waals surface area contributed by atoms with Crippen LogP contribution in [0.25, 0.3) is 11.1 Å². The molecule has 1 fully saturated rings. The van der Waals surface area contributed by atoms with E-state index in [4.69, 9.17) is 16.2 Å². The molecule has 0 spiro atoms. The number of carbonyl (C=O) groups is 3. The first-order valence-corrected chi connectivity index (χ1v) is 13.5. The fourth-order valence-corrected chi connectivity index (χ4v) is 5.11. The van der Waals surface area contributed by atoms with Crippen molar-refractivity contribution >= 4 is 23.4 Å². The number of hydrogen-bond donors (Lipinski definition) is 3. The maximum atomic E-state index is 14.0. The van der Waals surface area contributed by atoms with E-state index in [1.807, 2.05) is 84.9 Å². The number of amides is 3. The van der Waals surface area contributed by atoms with Crippen LogP contribution in [0.15, 0.2) is 109 Å². The van der Waals surface area contributed by atoms with Crippen molar-refractivity contribution in [3.05, 3.63) is 120 Å². The zero-order chi connectivity index (χ0) is 28.8. The largest absolute Gasteiger partial charge is 0.488 e. The van der Waals surface area contributed by atoms with Crippen LogP contribution in [-0.2, 0) is 16.0 Å². The number of nitrogens with zero attached hydrogens (tertiary/aromatic N) is 1. The Morgan fingerprint density at radius 3 is 2.17 bits per heavy atom. The predicted octanol–water partition coefficient (Wildman–Crippen LogP) is 3.81. The topological polar surface area (TPSA) is 128 Å². The number of primary amides is 1. The zero-order valence-corrected chi connectivity index (χ0v) is 22.5. The lowest BCUT2D eigenvalue weighted by Crippen LogP contribution is -2.53. The molecule has 0 radical (unpaired) electrons. The summed E-state index contributed by atoms with van der Waals surface area (Å²) >= 11 is 0. The molecule has 3 atom stereocenters. The van der Waals surface area contributed by atoms with Gasteiger partial charge in [0.15, 0.2) is 0 Å². The minimum Gasteiger partial charge on any atom is -0.488 e. The smallest absolute Gasteiger partial charge is 0.252 e. The standard InChI is InChI=1S/C33H32N4O4/c34-26-11-7-10-25(19-26)32(39)36-29(18-22-14-16-24(17-15-22)23-8-3-1-4-9-23)33(40)37-21-28(20-30(37)31(35)38)41-27-12-5-2-6-13-27/h1-17,19,28-30H,18,20-21,34H2,(H2,35,38)(H,36,39)/t28-,29?,30+/m1/s1. The molecule has 5 rings (SSSR count). The SMILES string of the molecule is NC(=O)[C@@H]1C[C@@H](Oc2ccccc2)CN1C(=O)C(Cc1ccc(-c2ccccc2)cc1)NC(=O)c1cccc(N)c1. The molecule has 8 heteroatoms. The molecule has 8 nitrogen and oxygen atoms in total. The number of anilines is 1. The van der Waals surface area contributed by atoms with Crippen LogP contribution in [-0.4, -0.2) is 47.4 Å². The molecular formula is C33H32N4O4. The first-order chi connectivity index (χ1) is 19.9. The zero-order valence-electron chi connectivity index (χ0n) is 22.5. The van der Waals surface area contributed by atoms with Crippen molar-refractivity contribution < 1.29 is 19.1 Å². The van der Waals surface area contributed by atoms with Gasteiger partial charge in [-0.3, -0.25) is 14.4 Å². The molecule has 0 aromatic heterocycles. The molecule has 0 bridgehead atoms. The van der Waals surface area contributed by atoms with Crippen LogP contribution in [0.4, 0.5) is 5.69 Å². The summed E-state index contributed by atoms with van der Waals surface area (Å²) in [5.41, 5.74) is 15.3. The van der Waals surface area contributed by atoms with Gasteiger partial charge in [-0.1, -0.05) is 78.9 Å². The Bertz CT molecular complexity index is 1510. The lowest BCUT2D eigenvalue weighted by molar-refractivity contribution is -0.138. The number of ether oxygens (including phenoxy) is 1. The molecule has 4 aromatic carbocycles. The molecule has 1 unspecified atom stereocenters. The van der Waals surface area contributed by atoms with Crippen LogP contribution in [0.1, 0.15) is 22.3 Å². The van der Waals surface area contributed by atoms with Crippen LogP contribution in [0.3, 0.4) is 0 Å². The van der Waals surface area contributed by atoms with Gasteiger partial charge in [0.2, 0.25) is 11.8 Å². The Hall–Kier alpha value is -5.11. The van der Waals surface area contributed by atoms with Crippen LogP contribution < -0.4 is 21.5 Å². The first kappa shape index (κ1) is 27.5. The molecule has 3 amide bonds. The highest BCUT2D eigenvalue weighted by atomic mass is 16.5. The number of benzene rings is 4. The maximum absolute atomic E-state index is 14.0. The van der Waals surface area contributed by atoms with E-state index in [0.29, 0.717) is 17.0 Å². The molecule has 5 N–H and O–H groups in total. The van der Waals surface area contributed by atoms with Crippen molar-refractivity contribution in [3.63, 3.8) is 0 Å². The number of nitrogen functional groups attached to an aromatic ring is 1. The van der Waals surface area contributed by atoms with Crippen LogP contribution in [0, 0.1) is 0 Å². The third-order valence-corrected chi connectivity index (χ3v) is 7.17. The summed E-state index contributed by atoms with van der Waals surface area (Å²) in [4.78, 5) is 41.1. The first-order valence-electron chi connectivity index (χ1n) is 13.5. The fraction of sp³-hybridized carbons (Fsp3) is 0.182. The second kappa shape index (κ2) is 12.4. The third kappa shape index (κ3) is 6.73. The number of para-hydroxylation sites is 1. The molecule has 1 aliphatic heterocycles. The van der Waals surface area contributed by atoms with E-state index >= 15 is 0 Å². The van der Waals surface area contributed by atoms with Crippen molar-refractivity contribution in [1.29, 1.82) is 0 Å². The van der Waals surface area contributed by atoms with E-state index in [9.17, 15) is 14.4 Å². The van der Waals surface area contributed by atoms with Gasteiger partial charge >= 0.3 is 0 Å². The van der Waals surface area contributed by atoms with E-state index in [1.165, 1.54) is 4.90 Å². The molecule has 1 aliphatic rings. The van der Waals surface area contributed by atoms with Gasteiger partial charge in [-0.05, 0) is 47.0 Å². The molecule has 41 heavy (non-hydrogen) atoms. The van der Waals surface area contributed by atoms with Crippen molar-refractivity contribution in [3.8, 4) is 16.9 Å². The summed E-state index contributed by atoms with van der Waals surface area (Å²) in [6, 6.07) is 31.8. The van der Waals surface area contributed by atoms with Gasteiger partial charge < -0.3 is 26.4 Å². The van der Waals surface area contributed by atoms with Crippen molar-refractivity contribution in [2.24, 2.45) is 5.73 Å². The van der Waals surface area contributed by atoms with Crippen LogP contribution in [0.5, 0.6) is 5.75 Å². The fourth-order valence-electron chi connectivity index (χ4n) is 5.11. The molecule has 0 aliphatic carbocycles. The minimum atomic E-state index is -0.955. The van der Waals surface area contributed by atoms with Crippen LogP contribution >= 0.6 is 0 Å². The Kier molecular flexibility index (Phi) is 8.29. The van der Waals surface area contributed by atoms with Gasteiger partial charge in [0.05, 0.1) is 6.54 Å². The Morgan fingerprint density at radius 2 is 1.51 bits per heavy atom. The average Bonchev–Trinajstić information content (AvgIpc) is 3.42. The summed E-state index contributed by atoms with van der Waals surface area (Å²) in [5.74, 6) is -0.827. The summed E-state index contributed by atoms with van der Waals surface area (Å²) in [5, 5.41) is 2.88. The number of nitrogens with one attached hydrogen (secondary N) is 1. The van der Waals surface area contributed by atoms with Crippen molar-refractivity contribution in [2.45, 2.75) is 31.0 Å². The van der Waals surface area contributed by atoms with Gasteiger partial charge in [0.1, 0.15) is 23.9 Å². The quantitative estimate of drug-likeness (QED) is 0.274. The molecule has 208 valence electrons. The highest BCUT2D eigenvalue weighted by Gasteiger charge is 2.42. The number of hydrogen-bond acceptors (Lipinski definition) is 5. The van der Waals surface area contributed by atoms with Crippen molar-refractivity contribution in [1.82, 2.24) is 10.2 Å². The second-order valence-electron chi connectivity index (χ2n) is 10.1. The number of likely N-dealkylation sites (tertiary alicyclic amines) is 1. The van der Waals surface area contributed by atoms with Crippen LogP contribution in [0.2, 0.25) is 0 Å². The highest BCUT2D eigenvalue weighted by molar-refractivity contribution is 5.99.